The number of halogens is 1. The minimum absolute atomic E-state index is 0.159. The van der Waals surface area contributed by atoms with Crippen molar-refractivity contribution in [2.24, 2.45) is 0 Å². The van der Waals surface area contributed by atoms with Crippen LogP contribution in [0.1, 0.15) is 32.6 Å². The molecule has 1 aliphatic rings. The summed E-state index contributed by atoms with van der Waals surface area (Å²) in [5.41, 5.74) is 0.852. The van der Waals surface area contributed by atoms with Gasteiger partial charge in [-0.25, -0.2) is 0 Å². The minimum Gasteiger partial charge on any atom is -0.411 e. The van der Waals surface area contributed by atoms with Crippen molar-refractivity contribution in [3.05, 3.63) is 28.7 Å². The predicted octanol–water partition coefficient (Wildman–Crippen LogP) is 4.38. The number of amides is 1. The summed E-state index contributed by atoms with van der Waals surface area (Å²) in [5.74, 6) is 0.961. The number of thioether (sulfide) groups is 1. The normalized spacial score (nSPS) is 17.9. The van der Waals surface area contributed by atoms with E-state index in [2.05, 4.69) is 33.1 Å². The Bertz CT molecular complexity index is 707. The molecule has 1 aromatic carbocycles. The van der Waals surface area contributed by atoms with Gasteiger partial charge in [0.05, 0.1) is 11.3 Å². The molecule has 2 heterocycles. The standard InChI is InChI=1S/C17H20BrN3O2S/c1-2-12-7-5-6-10-21(12)15(22)11-24-17-20-19-16(23-17)13-8-3-4-9-14(13)18/h3-4,8-9,12H,2,5-7,10-11H2,1H3. The average molecular weight is 410 g/mol. The first-order chi connectivity index (χ1) is 11.7. The lowest BCUT2D eigenvalue weighted by Gasteiger charge is -2.35. The molecular weight excluding hydrogens is 390 g/mol. The van der Waals surface area contributed by atoms with Crippen LogP contribution in [0.5, 0.6) is 0 Å². The molecule has 0 aliphatic carbocycles. The van der Waals surface area contributed by atoms with Gasteiger partial charge in [0.25, 0.3) is 5.22 Å². The number of aromatic nitrogens is 2. The number of nitrogens with zero attached hydrogens (tertiary/aromatic N) is 3. The smallest absolute Gasteiger partial charge is 0.277 e. The molecule has 24 heavy (non-hydrogen) atoms. The van der Waals surface area contributed by atoms with Crippen molar-refractivity contribution in [2.75, 3.05) is 12.3 Å². The van der Waals surface area contributed by atoms with Crippen LogP contribution in [0.4, 0.5) is 0 Å². The molecule has 1 fully saturated rings. The fourth-order valence-electron chi connectivity index (χ4n) is 2.97. The van der Waals surface area contributed by atoms with Crippen molar-refractivity contribution in [2.45, 2.75) is 43.9 Å². The molecule has 1 unspecified atom stereocenters. The van der Waals surface area contributed by atoms with Gasteiger partial charge in [0.2, 0.25) is 11.8 Å². The summed E-state index contributed by atoms with van der Waals surface area (Å²) in [6, 6.07) is 8.07. The lowest BCUT2D eigenvalue weighted by molar-refractivity contribution is -0.132. The van der Waals surface area contributed by atoms with Gasteiger partial charge in [0, 0.05) is 17.1 Å². The highest BCUT2D eigenvalue weighted by atomic mass is 79.9. The summed E-state index contributed by atoms with van der Waals surface area (Å²) in [5, 5.41) is 8.55. The summed E-state index contributed by atoms with van der Waals surface area (Å²) in [6.45, 7) is 3.01. The Balaban J connectivity index is 1.61. The summed E-state index contributed by atoms with van der Waals surface area (Å²) >= 11 is 4.78. The molecule has 0 saturated carbocycles. The summed E-state index contributed by atoms with van der Waals surface area (Å²) in [6.07, 6.45) is 4.44. The van der Waals surface area contributed by atoms with E-state index >= 15 is 0 Å². The fraction of sp³-hybridized carbons (Fsp3) is 0.471. The first-order valence-corrected chi connectivity index (χ1v) is 9.97. The quantitative estimate of drug-likeness (QED) is 0.685. The van der Waals surface area contributed by atoms with E-state index in [1.807, 2.05) is 29.2 Å². The van der Waals surface area contributed by atoms with Crippen molar-refractivity contribution >= 4 is 33.6 Å². The molecule has 0 N–H and O–H groups in total. The third-order valence-corrected chi connectivity index (χ3v) is 5.74. The zero-order valence-corrected chi connectivity index (χ0v) is 16.0. The second kappa shape index (κ2) is 8.16. The zero-order valence-electron chi connectivity index (χ0n) is 13.6. The van der Waals surface area contributed by atoms with Gasteiger partial charge in [0.15, 0.2) is 0 Å². The van der Waals surface area contributed by atoms with Gasteiger partial charge in [-0.15, -0.1) is 10.2 Å². The number of carbonyl (C=O) groups excluding carboxylic acids is 1. The third-order valence-electron chi connectivity index (χ3n) is 4.25. The molecule has 1 atom stereocenters. The highest BCUT2D eigenvalue weighted by Crippen LogP contribution is 2.29. The highest BCUT2D eigenvalue weighted by Gasteiger charge is 2.25. The molecule has 3 rings (SSSR count). The van der Waals surface area contributed by atoms with E-state index in [4.69, 9.17) is 4.42 Å². The largest absolute Gasteiger partial charge is 0.411 e. The van der Waals surface area contributed by atoms with Gasteiger partial charge in [-0.2, -0.15) is 0 Å². The van der Waals surface area contributed by atoms with Crippen molar-refractivity contribution in [1.29, 1.82) is 0 Å². The maximum atomic E-state index is 12.5. The molecular formula is C17H20BrN3O2S. The van der Waals surface area contributed by atoms with Gasteiger partial charge >= 0.3 is 0 Å². The zero-order chi connectivity index (χ0) is 16.9. The van der Waals surface area contributed by atoms with Crippen LogP contribution in [0.2, 0.25) is 0 Å². The second-order valence-corrected chi connectivity index (χ2v) is 7.57. The molecule has 1 aliphatic heterocycles. The molecule has 2 aromatic rings. The number of hydrogen-bond acceptors (Lipinski definition) is 5. The Kier molecular flexibility index (Phi) is 5.94. The van der Waals surface area contributed by atoms with Crippen molar-refractivity contribution in [3.63, 3.8) is 0 Å². The second-order valence-electron chi connectivity index (χ2n) is 5.79. The Hall–Kier alpha value is -1.34. The Morgan fingerprint density at radius 3 is 3.00 bits per heavy atom. The number of likely N-dealkylation sites (tertiary alicyclic amines) is 1. The van der Waals surface area contributed by atoms with Crippen LogP contribution >= 0.6 is 27.7 Å². The molecule has 1 aromatic heterocycles. The molecule has 0 radical (unpaired) electrons. The van der Waals surface area contributed by atoms with Crippen LogP contribution in [0, 0.1) is 0 Å². The van der Waals surface area contributed by atoms with Gasteiger partial charge in [0.1, 0.15) is 0 Å². The lowest BCUT2D eigenvalue weighted by atomic mass is 10.0. The van der Waals surface area contributed by atoms with E-state index in [1.165, 1.54) is 18.2 Å². The van der Waals surface area contributed by atoms with Gasteiger partial charge < -0.3 is 9.32 Å². The van der Waals surface area contributed by atoms with E-state index in [-0.39, 0.29) is 5.91 Å². The average Bonchev–Trinajstić information content (AvgIpc) is 3.08. The molecule has 1 saturated heterocycles. The lowest BCUT2D eigenvalue weighted by Crippen LogP contribution is -2.44. The highest BCUT2D eigenvalue weighted by molar-refractivity contribution is 9.10. The Morgan fingerprint density at radius 1 is 1.38 bits per heavy atom. The number of carbonyl (C=O) groups is 1. The van der Waals surface area contributed by atoms with Crippen molar-refractivity contribution in [1.82, 2.24) is 15.1 Å². The third kappa shape index (κ3) is 4.00. The Morgan fingerprint density at radius 2 is 2.21 bits per heavy atom. The molecule has 5 nitrogen and oxygen atoms in total. The van der Waals surface area contributed by atoms with Crippen LogP contribution in [-0.4, -0.2) is 39.3 Å². The van der Waals surface area contributed by atoms with Crippen LogP contribution < -0.4 is 0 Å². The van der Waals surface area contributed by atoms with Gasteiger partial charge in [-0.1, -0.05) is 30.8 Å². The summed E-state index contributed by atoms with van der Waals surface area (Å²) in [4.78, 5) is 14.5. The monoisotopic (exact) mass is 409 g/mol. The minimum atomic E-state index is 0.159. The Labute approximate surface area is 154 Å². The summed E-state index contributed by atoms with van der Waals surface area (Å²) in [7, 11) is 0. The maximum absolute atomic E-state index is 12.5. The van der Waals surface area contributed by atoms with E-state index in [9.17, 15) is 4.79 Å². The molecule has 7 heteroatoms. The van der Waals surface area contributed by atoms with Crippen molar-refractivity contribution < 1.29 is 9.21 Å². The molecule has 128 valence electrons. The van der Waals surface area contributed by atoms with E-state index in [0.29, 0.717) is 22.9 Å². The first-order valence-electron chi connectivity index (χ1n) is 8.19. The predicted molar refractivity (Wildman–Crippen MR) is 97.8 cm³/mol. The number of rotatable bonds is 5. The summed E-state index contributed by atoms with van der Waals surface area (Å²) < 4.78 is 6.58. The van der Waals surface area contributed by atoms with Crippen LogP contribution in [0.15, 0.2) is 38.4 Å². The van der Waals surface area contributed by atoms with Crippen molar-refractivity contribution in [3.8, 4) is 11.5 Å². The fourth-order valence-corrected chi connectivity index (χ4v) is 4.07. The molecule has 0 bridgehead atoms. The molecule has 1 amide bonds. The van der Waals surface area contributed by atoms with E-state index in [0.717, 1.165) is 35.8 Å². The van der Waals surface area contributed by atoms with E-state index in [1.54, 1.807) is 0 Å². The number of hydrogen-bond donors (Lipinski definition) is 0. The van der Waals surface area contributed by atoms with Gasteiger partial charge in [-0.3, -0.25) is 4.79 Å². The SMILES string of the molecule is CCC1CCCCN1C(=O)CSc1nnc(-c2ccccc2Br)o1. The molecule has 0 spiro atoms. The van der Waals surface area contributed by atoms with Crippen LogP contribution in [-0.2, 0) is 4.79 Å². The van der Waals surface area contributed by atoms with Gasteiger partial charge in [-0.05, 0) is 53.7 Å². The number of benzene rings is 1. The maximum Gasteiger partial charge on any atom is 0.277 e. The first kappa shape index (κ1) is 17.5. The van der Waals surface area contributed by atoms with Crippen LogP contribution in [0.3, 0.4) is 0 Å². The van der Waals surface area contributed by atoms with E-state index < -0.39 is 0 Å². The topological polar surface area (TPSA) is 59.2 Å². The number of piperidine rings is 1. The van der Waals surface area contributed by atoms with Crippen LogP contribution in [0.25, 0.3) is 11.5 Å².